The second kappa shape index (κ2) is 7.74. The topological polar surface area (TPSA) is 66.4 Å². The van der Waals surface area contributed by atoms with Crippen molar-refractivity contribution in [3.05, 3.63) is 34.6 Å². The van der Waals surface area contributed by atoms with E-state index in [1.807, 2.05) is 0 Å². The summed E-state index contributed by atoms with van der Waals surface area (Å²) in [5.41, 5.74) is 0.173. The summed E-state index contributed by atoms with van der Waals surface area (Å²) in [4.78, 5) is 21.8. The molecule has 1 aromatic carbocycles. The van der Waals surface area contributed by atoms with E-state index < -0.39 is 11.8 Å². The minimum absolute atomic E-state index is 0.0784. The number of hydrogen-bond donors (Lipinski definition) is 2. The molecule has 0 aliphatic carbocycles. The van der Waals surface area contributed by atoms with E-state index in [1.54, 1.807) is 0 Å². The van der Waals surface area contributed by atoms with Crippen LogP contribution in [0.15, 0.2) is 18.2 Å². The third-order valence-electron chi connectivity index (χ3n) is 2.54. The van der Waals surface area contributed by atoms with Crippen molar-refractivity contribution in [2.45, 2.75) is 25.7 Å². The van der Waals surface area contributed by atoms with Gasteiger partial charge in [0.15, 0.2) is 0 Å². The minimum atomic E-state index is -0.857. The lowest BCUT2D eigenvalue weighted by molar-refractivity contribution is -0.137. The van der Waals surface area contributed by atoms with Gasteiger partial charge in [-0.1, -0.05) is 17.7 Å². The molecule has 1 rings (SSSR count). The van der Waals surface area contributed by atoms with Gasteiger partial charge in [0.05, 0.1) is 6.42 Å². The zero-order chi connectivity index (χ0) is 14.3. The number of halogens is 2. The van der Waals surface area contributed by atoms with E-state index in [2.05, 4.69) is 5.32 Å². The Morgan fingerprint density at radius 2 is 2.05 bits per heavy atom. The standard InChI is InChI=1S/C13H15ClFNO3/c14-10-4-3-5-11(15)9(10)8-12(17)16-7-2-1-6-13(18)19/h3-5H,1-2,6-8H2,(H,16,17)(H,18,19). The smallest absolute Gasteiger partial charge is 0.303 e. The number of carbonyl (C=O) groups excluding carboxylic acids is 1. The quantitative estimate of drug-likeness (QED) is 0.757. The van der Waals surface area contributed by atoms with Crippen LogP contribution in [0.1, 0.15) is 24.8 Å². The summed E-state index contributed by atoms with van der Waals surface area (Å²) < 4.78 is 13.4. The highest BCUT2D eigenvalue weighted by molar-refractivity contribution is 6.31. The number of unbranched alkanes of at least 4 members (excludes halogenated alkanes) is 1. The molecule has 0 aliphatic heterocycles. The van der Waals surface area contributed by atoms with Gasteiger partial charge in [-0.2, -0.15) is 0 Å². The average molecular weight is 288 g/mol. The Kier molecular flexibility index (Phi) is 6.29. The monoisotopic (exact) mass is 287 g/mol. The highest BCUT2D eigenvalue weighted by atomic mass is 35.5. The Bertz CT molecular complexity index is 445. The number of hydrogen-bond acceptors (Lipinski definition) is 2. The lowest BCUT2D eigenvalue weighted by atomic mass is 10.1. The van der Waals surface area contributed by atoms with Crippen LogP contribution < -0.4 is 5.32 Å². The first-order valence-electron chi connectivity index (χ1n) is 5.92. The van der Waals surface area contributed by atoms with Crippen LogP contribution in [0.2, 0.25) is 5.02 Å². The SMILES string of the molecule is O=C(O)CCCCNC(=O)Cc1c(F)cccc1Cl. The van der Waals surface area contributed by atoms with Gasteiger partial charge in [-0.05, 0) is 25.0 Å². The second-order valence-corrected chi connectivity index (χ2v) is 4.48. The van der Waals surface area contributed by atoms with E-state index in [1.165, 1.54) is 18.2 Å². The van der Waals surface area contributed by atoms with Gasteiger partial charge in [0.25, 0.3) is 0 Å². The van der Waals surface area contributed by atoms with Crippen LogP contribution in [0.25, 0.3) is 0 Å². The van der Waals surface area contributed by atoms with Crippen LogP contribution in [-0.2, 0) is 16.0 Å². The normalized spacial score (nSPS) is 10.2. The summed E-state index contributed by atoms with van der Waals surface area (Å²) in [6.45, 7) is 0.373. The van der Waals surface area contributed by atoms with E-state index in [0.29, 0.717) is 19.4 Å². The van der Waals surface area contributed by atoms with Crippen molar-refractivity contribution in [3.63, 3.8) is 0 Å². The number of amides is 1. The largest absolute Gasteiger partial charge is 0.481 e. The predicted octanol–water partition coefficient (Wildman–Crippen LogP) is 2.39. The van der Waals surface area contributed by atoms with Gasteiger partial charge in [0, 0.05) is 23.6 Å². The van der Waals surface area contributed by atoms with E-state index in [-0.39, 0.29) is 29.3 Å². The van der Waals surface area contributed by atoms with Crippen molar-refractivity contribution in [2.24, 2.45) is 0 Å². The first kappa shape index (κ1) is 15.4. The molecule has 0 unspecified atom stereocenters. The number of carboxylic acids is 1. The zero-order valence-corrected chi connectivity index (χ0v) is 11.0. The third kappa shape index (κ3) is 5.70. The molecular formula is C13H15ClFNO3. The Hall–Kier alpha value is -1.62. The average Bonchev–Trinajstić information content (AvgIpc) is 2.33. The molecule has 1 aromatic rings. The maximum atomic E-state index is 13.4. The molecule has 0 aliphatic rings. The first-order chi connectivity index (χ1) is 9.00. The maximum Gasteiger partial charge on any atom is 0.303 e. The molecule has 0 fully saturated rings. The van der Waals surface area contributed by atoms with Crippen molar-refractivity contribution >= 4 is 23.5 Å². The molecule has 19 heavy (non-hydrogen) atoms. The van der Waals surface area contributed by atoms with Crippen LogP contribution in [-0.4, -0.2) is 23.5 Å². The lowest BCUT2D eigenvalue weighted by Gasteiger charge is -2.07. The van der Waals surface area contributed by atoms with Crippen molar-refractivity contribution in [1.29, 1.82) is 0 Å². The van der Waals surface area contributed by atoms with Gasteiger partial charge in [0.1, 0.15) is 5.82 Å². The van der Waals surface area contributed by atoms with Gasteiger partial charge in [0.2, 0.25) is 5.91 Å². The number of nitrogens with one attached hydrogen (secondary N) is 1. The molecule has 0 heterocycles. The first-order valence-corrected chi connectivity index (χ1v) is 6.30. The minimum Gasteiger partial charge on any atom is -0.481 e. The Morgan fingerprint density at radius 1 is 1.32 bits per heavy atom. The number of carboxylic acid groups (broad SMARTS) is 1. The van der Waals surface area contributed by atoms with Crippen molar-refractivity contribution in [1.82, 2.24) is 5.32 Å². The maximum absolute atomic E-state index is 13.4. The van der Waals surface area contributed by atoms with Crippen molar-refractivity contribution < 1.29 is 19.1 Å². The highest BCUT2D eigenvalue weighted by Crippen LogP contribution is 2.19. The van der Waals surface area contributed by atoms with E-state index in [9.17, 15) is 14.0 Å². The predicted molar refractivity (Wildman–Crippen MR) is 69.6 cm³/mol. The molecule has 0 radical (unpaired) electrons. The van der Waals surface area contributed by atoms with Gasteiger partial charge < -0.3 is 10.4 Å². The Labute approximate surface area is 115 Å². The molecular weight excluding hydrogens is 273 g/mol. The summed E-state index contributed by atoms with van der Waals surface area (Å²) in [6.07, 6.45) is 1.03. The van der Waals surface area contributed by atoms with Crippen LogP contribution in [0.5, 0.6) is 0 Å². The summed E-state index contributed by atoms with van der Waals surface area (Å²) >= 11 is 5.81. The fourth-order valence-electron chi connectivity index (χ4n) is 1.55. The molecule has 0 bridgehead atoms. The molecule has 0 aromatic heterocycles. The fraction of sp³-hybridized carbons (Fsp3) is 0.385. The molecule has 4 nitrogen and oxygen atoms in total. The Balaban J connectivity index is 2.33. The van der Waals surface area contributed by atoms with E-state index in [0.717, 1.165) is 0 Å². The van der Waals surface area contributed by atoms with Crippen LogP contribution >= 0.6 is 11.6 Å². The number of carbonyl (C=O) groups is 2. The molecule has 1 amide bonds. The lowest BCUT2D eigenvalue weighted by Crippen LogP contribution is -2.26. The summed E-state index contributed by atoms with van der Waals surface area (Å²) in [5, 5.41) is 11.3. The van der Waals surface area contributed by atoms with Crippen molar-refractivity contribution in [2.75, 3.05) is 6.54 Å². The van der Waals surface area contributed by atoms with E-state index in [4.69, 9.17) is 16.7 Å². The zero-order valence-electron chi connectivity index (χ0n) is 10.3. The fourth-order valence-corrected chi connectivity index (χ4v) is 1.78. The molecule has 104 valence electrons. The molecule has 0 saturated carbocycles. The number of rotatable bonds is 7. The Morgan fingerprint density at radius 3 is 2.68 bits per heavy atom. The number of benzene rings is 1. The molecule has 2 N–H and O–H groups in total. The molecule has 6 heteroatoms. The van der Waals surface area contributed by atoms with Crippen molar-refractivity contribution in [3.8, 4) is 0 Å². The van der Waals surface area contributed by atoms with Gasteiger partial charge in [-0.3, -0.25) is 9.59 Å². The van der Waals surface area contributed by atoms with Crippen LogP contribution in [0.3, 0.4) is 0 Å². The third-order valence-corrected chi connectivity index (χ3v) is 2.89. The molecule has 0 saturated heterocycles. The van der Waals surface area contributed by atoms with Gasteiger partial charge in [-0.15, -0.1) is 0 Å². The van der Waals surface area contributed by atoms with Crippen LogP contribution in [0, 0.1) is 5.82 Å². The van der Waals surface area contributed by atoms with E-state index >= 15 is 0 Å². The summed E-state index contributed by atoms with van der Waals surface area (Å²) in [6, 6.07) is 4.26. The second-order valence-electron chi connectivity index (χ2n) is 4.08. The highest BCUT2D eigenvalue weighted by Gasteiger charge is 2.11. The van der Waals surface area contributed by atoms with Gasteiger partial charge >= 0.3 is 5.97 Å². The van der Waals surface area contributed by atoms with Gasteiger partial charge in [-0.25, -0.2) is 4.39 Å². The molecule has 0 spiro atoms. The molecule has 0 atom stereocenters. The van der Waals surface area contributed by atoms with Crippen LogP contribution in [0.4, 0.5) is 4.39 Å². The summed E-state index contributed by atoms with van der Waals surface area (Å²) in [5.74, 6) is -1.69. The summed E-state index contributed by atoms with van der Waals surface area (Å²) in [7, 11) is 0. The number of aliphatic carboxylic acids is 1.